The van der Waals surface area contributed by atoms with Crippen LogP contribution in [0.1, 0.15) is 13.8 Å². The van der Waals surface area contributed by atoms with Crippen LogP contribution in [-0.4, -0.2) is 23.5 Å². The fraction of sp³-hybridized carbons (Fsp3) is 0.800. The standard InChI is InChI=1S/C5H10NS.Na.H2S/c1-3-6(4-2)5-7;;/h3-4H2,1-2H3;;1H2/q-1;+1;/p+1. The Morgan fingerprint density at radius 1 is 1.33 bits per heavy atom. The van der Waals surface area contributed by atoms with Gasteiger partial charge in [0, 0.05) is 0 Å². The summed E-state index contributed by atoms with van der Waals surface area (Å²) in [6, 6.07) is 0. The maximum absolute atomic E-state index is 4.55. The molecule has 0 heterocycles. The van der Waals surface area contributed by atoms with Gasteiger partial charge in [-0.3, -0.25) is 0 Å². The van der Waals surface area contributed by atoms with E-state index < -0.39 is 0 Å². The van der Waals surface area contributed by atoms with E-state index in [0.717, 1.165) is 13.1 Å². The van der Waals surface area contributed by atoms with Gasteiger partial charge in [-0.15, -0.1) is 0 Å². The topological polar surface area (TPSA) is 3.24 Å². The van der Waals surface area contributed by atoms with Gasteiger partial charge in [0.25, 0.3) is 0 Å². The maximum Gasteiger partial charge on any atom is 1.00 e. The van der Waals surface area contributed by atoms with Crippen molar-refractivity contribution in [3.63, 3.8) is 0 Å². The van der Waals surface area contributed by atoms with Gasteiger partial charge in [-0.1, -0.05) is 27.3 Å². The summed E-state index contributed by atoms with van der Waals surface area (Å²) < 4.78 is 0. The van der Waals surface area contributed by atoms with E-state index in [1.54, 1.807) is 0 Å². The molecule has 0 amide bonds. The van der Waals surface area contributed by atoms with Crippen LogP contribution in [0.4, 0.5) is 0 Å². The molecule has 0 spiro atoms. The Morgan fingerprint density at radius 2 is 1.67 bits per heavy atom. The molecular formula is C5H13NNaS2+. The van der Waals surface area contributed by atoms with Crippen LogP contribution in [0, 0.1) is 0 Å². The van der Waals surface area contributed by atoms with Gasteiger partial charge in [0.05, 0.1) is 0 Å². The average molecular weight is 174 g/mol. The van der Waals surface area contributed by atoms with Gasteiger partial charge in [0.15, 0.2) is 0 Å². The quantitative estimate of drug-likeness (QED) is 0.151. The molecule has 0 aliphatic rings. The third kappa shape index (κ3) is 9.24. The Balaban J connectivity index is -0.000000180. The normalized spacial score (nSPS) is 6.44. The first-order chi connectivity index (χ1) is 3.35. The molecule has 0 aromatic heterocycles. The van der Waals surface area contributed by atoms with Crippen LogP contribution in [0.2, 0.25) is 0 Å². The SMILES string of the molecule is CCN([C-]=S)CC.[Na+].[SH3+]. The summed E-state index contributed by atoms with van der Waals surface area (Å²) in [5.41, 5.74) is 2.62. The molecule has 0 aromatic rings. The number of hydrogen-bond acceptors (Lipinski definition) is 1. The molecule has 0 fully saturated rings. The number of hydrogen-bond donors (Lipinski definition) is 0. The Labute approximate surface area is 91.9 Å². The summed E-state index contributed by atoms with van der Waals surface area (Å²) in [6.07, 6.45) is 0. The van der Waals surface area contributed by atoms with E-state index in [9.17, 15) is 0 Å². The van der Waals surface area contributed by atoms with Crippen molar-refractivity contribution in [1.82, 2.24) is 4.90 Å². The van der Waals surface area contributed by atoms with Crippen LogP contribution < -0.4 is 29.6 Å². The van der Waals surface area contributed by atoms with E-state index in [1.165, 1.54) is 0 Å². The predicted molar refractivity (Wildman–Crippen MR) is 47.1 cm³/mol. The first-order valence-corrected chi connectivity index (χ1v) is 2.88. The van der Waals surface area contributed by atoms with Crippen molar-refractivity contribution >= 4 is 31.2 Å². The second-order valence-corrected chi connectivity index (χ2v) is 1.45. The monoisotopic (exact) mass is 174 g/mol. The number of nitrogens with zero attached hydrogens (tertiary/aromatic N) is 1. The molecule has 0 saturated carbocycles. The van der Waals surface area contributed by atoms with Gasteiger partial charge in [-0.2, -0.15) is 0 Å². The van der Waals surface area contributed by atoms with Gasteiger partial charge in [0.2, 0.25) is 0 Å². The first-order valence-electron chi connectivity index (χ1n) is 2.47. The molecule has 0 atom stereocenters. The minimum atomic E-state index is 0. The Kier molecular flexibility index (Phi) is 22.2. The van der Waals surface area contributed by atoms with E-state index in [4.69, 9.17) is 0 Å². The molecule has 0 bridgehead atoms. The molecule has 0 radical (unpaired) electrons. The van der Waals surface area contributed by atoms with Crippen molar-refractivity contribution in [3.05, 3.63) is 0 Å². The molecule has 0 N–H and O–H groups in total. The molecule has 50 valence electrons. The van der Waals surface area contributed by atoms with Gasteiger partial charge < -0.3 is 22.6 Å². The van der Waals surface area contributed by atoms with Crippen molar-refractivity contribution in [1.29, 1.82) is 0 Å². The Morgan fingerprint density at radius 3 is 1.67 bits per heavy atom. The molecule has 1 nitrogen and oxygen atoms in total. The molecule has 0 aliphatic carbocycles. The van der Waals surface area contributed by atoms with Crippen LogP contribution in [-0.2, 0) is 13.5 Å². The fourth-order valence-electron chi connectivity index (χ4n) is 0.353. The van der Waals surface area contributed by atoms with Gasteiger partial charge in [-0.25, -0.2) is 0 Å². The van der Waals surface area contributed by atoms with Gasteiger partial charge in [0.1, 0.15) is 0 Å². The molecule has 0 saturated heterocycles. The molecule has 0 aliphatic heterocycles. The average Bonchev–Trinajstić information content (AvgIpc) is 1.72. The Hall–Kier alpha value is 1.24. The van der Waals surface area contributed by atoms with Crippen molar-refractivity contribution < 1.29 is 29.6 Å². The Bertz CT molecular complexity index is 56.9. The third-order valence-corrected chi connectivity index (χ3v) is 1.15. The molecular weight excluding hydrogens is 161 g/mol. The summed E-state index contributed by atoms with van der Waals surface area (Å²) in [7, 11) is 0. The van der Waals surface area contributed by atoms with E-state index in [2.05, 4.69) is 31.6 Å². The zero-order valence-corrected chi connectivity index (χ0v) is 10.3. The predicted octanol–water partition coefficient (Wildman–Crippen LogP) is -2.64. The third-order valence-electron chi connectivity index (χ3n) is 0.893. The zero-order chi connectivity index (χ0) is 5.70. The second kappa shape index (κ2) is 12.0. The van der Waals surface area contributed by atoms with Crippen LogP contribution >= 0.6 is 12.2 Å². The summed E-state index contributed by atoms with van der Waals surface area (Å²) in [6.45, 7) is 6.06. The summed E-state index contributed by atoms with van der Waals surface area (Å²) in [5.74, 6) is 0. The van der Waals surface area contributed by atoms with E-state index in [1.807, 2.05) is 4.90 Å². The zero-order valence-electron chi connectivity index (χ0n) is 6.35. The van der Waals surface area contributed by atoms with E-state index in [0.29, 0.717) is 0 Å². The van der Waals surface area contributed by atoms with Crippen molar-refractivity contribution in [3.8, 4) is 0 Å². The smallest absolute Gasteiger partial charge is 0.545 e. The number of thiocarbonyl (C=S) groups is 1. The van der Waals surface area contributed by atoms with Crippen LogP contribution in [0.25, 0.3) is 0 Å². The minimum absolute atomic E-state index is 0. The summed E-state index contributed by atoms with van der Waals surface area (Å²) >= 11 is 4.55. The van der Waals surface area contributed by atoms with Crippen molar-refractivity contribution in [2.75, 3.05) is 13.1 Å². The molecule has 4 heteroatoms. The van der Waals surface area contributed by atoms with E-state index >= 15 is 0 Å². The molecule has 9 heavy (non-hydrogen) atoms. The summed E-state index contributed by atoms with van der Waals surface area (Å²) in [5, 5.41) is 0. The van der Waals surface area contributed by atoms with Crippen LogP contribution in [0.5, 0.6) is 0 Å². The van der Waals surface area contributed by atoms with Crippen molar-refractivity contribution in [2.24, 2.45) is 0 Å². The summed E-state index contributed by atoms with van der Waals surface area (Å²) in [4.78, 5) is 1.94. The van der Waals surface area contributed by atoms with Gasteiger partial charge in [-0.05, 0) is 13.1 Å². The first kappa shape index (κ1) is 16.7. The van der Waals surface area contributed by atoms with Crippen LogP contribution in [0.3, 0.4) is 0 Å². The van der Waals surface area contributed by atoms with Crippen LogP contribution in [0.15, 0.2) is 0 Å². The molecule has 0 aromatic carbocycles. The largest absolute Gasteiger partial charge is 1.00 e. The van der Waals surface area contributed by atoms with E-state index in [-0.39, 0.29) is 43.1 Å². The van der Waals surface area contributed by atoms with Crippen molar-refractivity contribution in [2.45, 2.75) is 13.8 Å². The minimum Gasteiger partial charge on any atom is -0.545 e. The molecule has 0 unspecified atom stereocenters. The molecule has 0 rings (SSSR count). The maximum atomic E-state index is 4.55. The number of rotatable bonds is 3. The van der Waals surface area contributed by atoms with Gasteiger partial charge >= 0.3 is 29.6 Å². The fourth-order valence-corrected chi connectivity index (χ4v) is 0.611. The second-order valence-electron chi connectivity index (χ2n) is 1.26.